The summed E-state index contributed by atoms with van der Waals surface area (Å²) < 4.78 is 7.95. The van der Waals surface area contributed by atoms with Crippen LogP contribution in [0.4, 0.5) is 0 Å². The third-order valence-corrected chi connectivity index (χ3v) is 3.97. The highest BCUT2D eigenvalue weighted by Crippen LogP contribution is 2.30. The molecule has 19 heavy (non-hydrogen) atoms. The zero-order valence-corrected chi connectivity index (χ0v) is 10.6. The molecule has 3 heterocycles. The van der Waals surface area contributed by atoms with Crippen molar-refractivity contribution in [1.29, 1.82) is 0 Å². The molecule has 1 unspecified atom stereocenters. The Balaban J connectivity index is 1.52. The van der Waals surface area contributed by atoms with Crippen LogP contribution in [0.2, 0.25) is 0 Å². The standard InChI is InChI=1S/C14H16N4O/c1-2-4-11(5-3-1)7-17-8-13-14(9-17)19-10-12-6-15-16-18(12)13/h1-6,13-14H,7-10H2/t13?,14-/m1/s1. The van der Waals surface area contributed by atoms with E-state index in [4.69, 9.17) is 4.74 Å². The van der Waals surface area contributed by atoms with E-state index in [1.54, 1.807) is 6.20 Å². The third-order valence-electron chi connectivity index (χ3n) is 3.97. The van der Waals surface area contributed by atoms with E-state index in [-0.39, 0.29) is 6.10 Å². The van der Waals surface area contributed by atoms with Crippen molar-refractivity contribution in [2.45, 2.75) is 25.3 Å². The fraction of sp³-hybridized carbons (Fsp3) is 0.429. The van der Waals surface area contributed by atoms with Gasteiger partial charge in [0, 0.05) is 19.6 Å². The molecule has 2 aromatic rings. The maximum absolute atomic E-state index is 5.91. The Bertz CT molecular complexity index is 568. The number of ether oxygens (including phenoxy) is 1. The van der Waals surface area contributed by atoms with Crippen LogP contribution in [0.25, 0.3) is 0 Å². The first kappa shape index (κ1) is 11.1. The normalized spacial score (nSPS) is 26.1. The minimum Gasteiger partial charge on any atom is -0.368 e. The predicted octanol–water partition coefficient (Wildman–Crippen LogP) is 1.23. The van der Waals surface area contributed by atoms with E-state index in [1.165, 1.54) is 5.56 Å². The van der Waals surface area contributed by atoms with Crippen LogP contribution < -0.4 is 0 Å². The van der Waals surface area contributed by atoms with Crippen LogP contribution in [0, 0.1) is 0 Å². The van der Waals surface area contributed by atoms with E-state index < -0.39 is 0 Å². The second kappa shape index (κ2) is 4.43. The molecule has 1 aromatic carbocycles. The maximum atomic E-state index is 5.91. The molecule has 0 radical (unpaired) electrons. The fourth-order valence-corrected chi connectivity index (χ4v) is 3.04. The lowest BCUT2D eigenvalue weighted by molar-refractivity contribution is -0.00521. The molecule has 5 heteroatoms. The first-order valence-corrected chi connectivity index (χ1v) is 6.67. The average Bonchev–Trinajstić information content (AvgIpc) is 3.04. The molecule has 1 saturated heterocycles. The molecular weight excluding hydrogens is 240 g/mol. The second-order valence-electron chi connectivity index (χ2n) is 5.27. The summed E-state index contributed by atoms with van der Waals surface area (Å²) in [6.45, 7) is 3.56. The lowest BCUT2D eigenvalue weighted by atomic mass is 10.2. The lowest BCUT2D eigenvalue weighted by Crippen LogP contribution is -2.32. The highest BCUT2D eigenvalue weighted by molar-refractivity contribution is 5.15. The van der Waals surface area contributed by atoms with Crippen LogP contribution in [-0.2, 0) is 17.9 Å². The van der Waals surface area contributed by atoms with Gasteiger partial charge in [0.2, 0.25) is 0 Å². The number of rotatable bonds is 2. The van der Waals surface area contributed by atoms with Gasteiger partial charge in [0.05, 0.1) is 30.6 Å². The summed E-state index contributed by atoms with van der Waals surface area (Å²) >= 11 is 0. The monoisotopic (exact) mass is 256 g/mol. The zero-order valence-electron chi connectivity index (χ0n) is 10.6. The quantitative estimate of drug-likeness (QED) is 0.810. The molecule has 0 saturated carbocycles. The Morgan fingerprint density at radius 2 is 2.11 bits per heavy atom. The Labute approximate surface area is 111 Å². The van der Waals surface area contributed by atoms with Crippen molar-refractivity contribution in [1.82, 2.24) is 19.9 Å². The first-order valence-electron chi connectivity index (χ1n) is 6.67. The van der Waals surface area contributed by atoms with Crippen molar-refractivity contribution in [3.05, 3.63) is 47.8 Å². The van der Waals surface area contributed by atoms with Gasteiger partial charge in [-0.25, -0.2) is 4.68 Å². The van der Waals surface area contributed by atoms with Gasteiger partial charge >= 0.3 is 0 Å². The zero-order chi connectivity index (χ0) is 12.7. The van der Waals surface area contributed by atoms with Crippen molar-refractivity contribution < 1.29 is 4.74 Å². The van der Waals surface area contributed by atoms with Gasteiger partial charge in [-0.1, -0.05) is 35.5 Å². The van der Waals surface area contributed by atoms with Crippen LogP contribution in [0.3, 0.4) is 0 Å². The van der Waals surface area contributed by atoms with Gasteiger partial charge in [0.25, 0.3) is 0 Å². The summed E-state index contributed by atoms with van der Waals surface area (Å²) in [5.41, 5.74) is 2.43. The number of benzene rings is 1. The highest BCUT2D eigenvalue weighted by Gasteiger charge is 2.39. The van der Waals surface area contributed by atoms with Crippen molar-refractivity contribution in [3.63, 3.8) is 0 Å². The number of aromatic nitrogens is 3. The van der Waals surface area contributed by atoms with E-state index >= 15 is 0 Å². The Morgan fingerprint density at radius 1 is 1.21 bits per heavy atom. The van der Waals surface area contributed by atoms with Crippen LogP contribution >= 0.6 is 0 Å². The van der Waals surface area contributed by atoms with E-state index in [1.807, 2.05) is 4.68 Å². The van der Waals surface area contributed by atoms with Crippen molar-refractivity contribution in [2.24, 2.45) is 0 Å². The van der Waals surface area contributed by atoms with Crippen LogP contribution in [0.15, 0.2) is 36.5 Å². The predicted molar refractivity (Wildman–Crippen MR) is 69.4 cm³/mol. The molecule has 1 fully saturated rings. The number of hydrogen-bond donors (Lipinski definition) is 0. The summed E-state index contributed by atoms with van der Waals surface area (Å²) in [7, 11) is 0. The molecule has 5 nitrogen and oxygen atoms in total. The van der Waals surface area contributed by atoms with Crippen LogP contribution in [0.5, 0.6) is 0 Å². The van der Waals surface area contributed by atoms with Crippen LogP contribution in [-0.4, -0.2) is 39.1 Å². The van der Waals surface area contributed by atoms with Gasteiger partial charge in [-0.05, 0) is 5.56 Å². The topological polar surface area (TPSA) is 43.2 Å². The summed E-state index contributed by atoms with van der Waals surface area (Å²) in [5, 5.41) is 8.19. The lowest BCUT2D eigenvalue weighted by Gasteiger charge is -2.25. The van der Waals surface area contributed by atoms with Gasteiger partial charge in [0.1, 0.15) is 0 Å². The summed E-state index contributed by atoms with van der Waals surface area (Å²) in [5.74, 6) is 0. The number of likely N-dealkylation sites (tertiary alicyclic amines) is 1. The summed E-state index contributed by atoms with van der Waals surface area (Å²) in [6.07, 6.45) is 2.05. The molecule has 0 amide bonds. The Kier molecular flexibility index (Phi) is 2.60. The number of hydrogen-bond acceptors (Lipinski definition) is 4. The second-order valence-corrected chi connectivity index (χ2v) is 5.27. The van der Waals surface area contributed by atoms with E-state index in [2.05, 4.69) is 45.5 Å². The van der Waals surface area contributed by atoms with Crippen molar-refractivity contribution in [3.8, 4) is 0 Å². The minimum atomic E-state index is 0.248. The molecular formula is C14H16N4O. The van der Waals surface area contributed by atoms with E-state index in [0.29, 0.717) is 12.6 Å². The van der Waals surface area contributed by atoms with Gasteiger partial charge in [-0.2, -0.15) is 0 Å². The van der Waals surface area contributed by atoms with Crippen LogP contribution in [0.1, 0.15) is 17.3 Å². The molecule has 2 aliphatic heterocycles. The van der Waals surface area contributed by atoms with E-state index in [0.717, 1.165) is 25.3 Å². The Hall–Kier alpha value is -1.72. The summed E-state index contributed by atoms with van der Waals surface area (Å²) in [6, 6.07) is 10.9. The van der Waals surface area contributed by atoms with E-state index in [9.17, 15) is 0 Å². The molecule has 0 spiro atoms. The fourth-order valence-electron chi connectivity index (χ4n) is 3.04. The first-order chi connectivity index (χ1) is 9.40. The van der Waals surface area contributed by atoms with Crippen molar-refractivity contribution >= 4 is 0 Å². The molecule has 2 atom stereocenters. The van der Waals surface area contributed by atoms with Gasteiger partial charge in [-0.15, -0.1) is 5.10 Å². The number of nitrogens with zero attached hydrogens (tertiary/aromatic N) is 4. The molecule has 0 N–H and O–H groups in total. The molecule has 0 aliphatic carbocycles. The van der Waals surface area contributed by atoms with Gasteiger partial charge < -0.3 is 4.74 Å². The smallest absolute Gasteiger partial charge is 0.0944 e. The molecule has 98 valence electrons. The SMILES string of the molecule is c1ccc(CN2CC3[C@@H](C2)OCc2cnnn23)cc1. The molecule has 1 aromatic heterocycles. The minimum absolute atomic E-state index is 0.248. The van der Waals surface area contributed by atoms with Gasteiger partial charge in [0.15, 0.2) is 0 Å². The number of fused-ring (bicyclic) bond motifs is 3. The molecule has 2 aliphatic rings. The molecule has 0 bridgehead atoms. The molecule has 4 rings (SSSR count). The van der Waals surface area contributed by atoms with Gasteiger partial charge in [-0.3, -0.25) is 4.90 Å². The highest BCUT2D eigenvalue weighted by atomic mass is 16.5. The van der Waals surface area contributed by atoms with Crippen molar-refractivity contribution in [2.75, 3.05) is 13.1 Å². The Morgan fingerprint density at radius 3 is 3.00 bits per heavy atom. The largest absolute Gasteiger partial charge is 0.368 e. The summed E-state index contributed by atoms with van der Waals surface area (Å²) in [4.78, 5) is 2.43. The third kappa shape index (κ3) is 1.95. The average molecular weight is 256 g/mol. The maximum Gasteiger partial charge on any atom is 0.0944 e.